The highest BCUT2D eigenvalue weighted by Crippen LogP contribution is 2.38. The summed E-state index contributed by atoms with van der Waals surface area (Å²) >= 11 is 0. The van der Waals surface area contributed by atoms with Crippen LogP contribution in [0.4, 0.5) is 22.7 Å². The lowest BCUT2D eigenvalue weighted by Crippen LogP contribution is -2.35. The van der Waals surface area contributed by atoms with E-state index < -0.39 is 11.8 Å². The SMILES string of the molecule is COc1cc2c(cc1NC(=O)c1ccc(C(=O)Nc3cc4c(cc3OC)C(=O)N3CCC[C@H]3C=N4)n1C)N=C[C@@H]1CCCN1C2=O. The van der Waals surface area contributed by atoms with Gasteiger partial charge in [-0.25, -0.2) is 0 Å². The molecular formula is C33H33N7O6. The maximum Gasteiger partial charge on any atom is 0.272 e. The van der Waals surface area contributed by atoms with Crippen LogP contribution in [0.25, 0.3) is 0 Å². The molecule has 2 fully saturated rings. The summed E-state index contributed by atoms with van der Waals surface area (Å²) in [4.78, 5) is 66.0. The number of carbonyl (C=O) groups excluding carboxylic acids is 4. The van der Waals surface area contributed by atoms with E-state index in [1.54, 1.807) is 65.7 Å². The molecule has 2 atom stereocenters. The number of carbonyl (C=O) groups is 4. The third-order valence-corrected chi connectivity index (χ3v) is 9.07. The zero-order valence-electron chi connectivity index (χ0n) is 25.7. The van der Waals surface area contributed by atoms with Gasteiger partial charge < -0.3 is 34.5 Å². The molecule has 46 heavy (non-hydrogen) atoms. The van der Waals surface area contributed by atoms with Gasteiger partial charge in [-0.15, -0.1) is 0 Å². The minimum absolute atomic E-state index is 0.0458. The highest BCUT2D eigenvalue weighted by Gasteiger charge is 2.34. The summed E-state index contributed by atoms with van der Waals surface area (Å²) in [7, 11) is 4.54. The number of rotatable bonds is 6. The number of ether oxygens (including phenoxy) is 2. The molecule has 4 amide bonds. The molecule has 5 heterocycles. The molecule has 4 aliphatic rings. The van der Waals surface area contributed by atoms with Crippen molar-refractivity contribution >= 4 is 58.8 Å². The zero-order valence-corrected chi connectivity index (χ0v) is 25.7. The van der Waals surface area contributed by atoms with Gasteiger partial charge in [0.25, 0.3) is 23.6 Å². The van der Waals surface area contributed by atoms with E-state index in [2.05, 4.69) is 20.6 Å². The Balaban J connectivity index is 1.12. The molecule has 2 aromatic carbocycles. The highest BCUT2D eigenvalue weighted by atomic mass is 16.5. The van der Waals surface area contributed by atoms with Crippen molar-refractivity contribution in [1.82, 2.24) is 14.4 Å². The van der Waals surface area contributed by atoms with Crippen LogP contribution in [0.1, 0.15) is 67.4 Å². The van der Waals surface area contributed by atoms with Crippen LogP contribution in [0.15, 0.2) is 46.4 Å². The van der Waals surface area contributed by atoms with Crippen molar-refractivity contribution in [2.45, 2.75) is 37.8 Å². The van der Waals surface area contributed by atoms with Crippen molar-refractivity contribution in [1.29, 1.82) is 0 Å². The Morgan fingerprint density at radius 1 is 0.739 bits per heavy atom. The first-order chi connectivity index (χ1) is 22.3. The first kappa shape index (κ1) is 29.3. The van der Waals surface area contributed by atoms with Gasteiger partial charge in [-0.1, -0.05) is 0 Å². The number of aromatic nitrogens is 1. The second kappa shape index (κ2) is 11.5. The van der Waals surface area contributed by atoms with E-state index in [0.717, 1.165) is 25.7 Å². The fourth-order valence-corrected chi connectivity index (χ4v) is 6.61. The molecule has 3 aromatic rings. The molecule has 0 saturated carbocycles. The number of benzene rings is 2. The van der Waals surface area contributed by atoms with Crippen LogP contribution < -0.4 is 20.1 Å². The normalized spacial score (nSPS) is 19.5. The molecule has 0 unspecified atom stereocenters. The van der Waals surface area contributed by atoms with Crippen LogP contribution in [0.3, 0.4) is 0 Å². The fraction of sp³-hybridized carbons (Fsp3) is 0.333. The third-order valence-electron chi connectivity index (χ3n) is 9.07. The van der Waals surface area contributed by atoms with E-state index in [-0.39, 0.29) is 35.3 Å². The predicted octanol–water partition coefficient (Wildman–Crippen LogP) is 4.19. The molecule has 13 nitrogen and oxygen atoms in total. The van der Waals surface area contributed by atoms with E-state index >= 15 is 0 Å². The molecule has 0 radical (unpaired) electrons. The van der Waals surface area contributed by atoms with Crippen LogP contribution >= 0.6 is 0 Å². The largest absolute Gasteiger partial charge is 0.495 e. The molecule has 2 N–H and O–H groups in total. The van der Waals surface area contributed by atoms with Gasteiger partial charge in [0, 0.05) is 32.6 Å². The summed E-state index contributed by atoms with van der Waals surface area (Å²) < 4.78 is 12.5. The number of amides is 4. The molecule has 0 bridgehead atoms. The van der Waals surface area contributed by atoms with E-state index in [4.69, 9.17) is 9.47 Å². The minimum Gasteiger partial charge on any atom is -0.495 e. The van der Waals surface area contributed by atoms with Gasteiger partial charge in [-0.2, -0.15) is 0 Å². The van der Waals surface area contributed by atoms with Gasteiger partial charge in [0.2, 0.25) is 0 Å². The van der Waals surface area contributed by atoms with Crippen LogP contribution in [0.2, 0.25) is 0 Å². The Labute approximate surface area is 264 Å². The van der Waals surface area contributed by atoms with Gasteiger partial charge in [-0.3, -0.25) is 29.2 Å². The minimum atomic E-state index is -0.486. The number of nitrogens with one attached hydrogen (secondary N) is 2. The summed E-state index contributed by atoms with van der Waals surface area (Å²) in [5.41, 5.74) is 2.84. The second-order valence-corrected chi connectivity index (χ2v) is 11.7. The summed E-state index contributed by atoms with van der Waals surface area (Å²) in [5.74, 6) is -0.571. The number of hydrogen-bond donors (Lipinski definition) is 2. The average molecular weight is 624 g/mol. The van der Waals surface area contributed by atoms with Crippen molar-refractivity contribution in [3.63, 3.8) is 0 Å². The molecule has 2 saturated heterocycles. The molecule has 0 aliphatic carbocycles. The number of hydrogen-bond acceptors (Lipinski definition) is 8. The molecule has 236 valence electrons. The Kier molecular flexibility index (Phi) is 7.30. The smallest absolute Gasteiger partial charge is 0.272 e. The number of methoxy groups -OCH3 is 2. The van der Waals surface area contributed by atoms with Crippen molar-refractivity contribution in [2.75, 3.05) is 37.9 Å². The zero-order chi connectivity index (χ0) is 32.1. The third kappa shape index (κ3) is 4.88. The summed E-state index contributed by atoms with van der Waals surface area (Å²) in [6.07, 6.45) is 7.13. The maximum atomic E-state index is 13.5. The van der Waals surface area contributed by atoms with Crippen molar-refractivity contribution in [2.24, 2.45) is 17.0 Å². The standard InChI is InChI=1S/C33H33N7O6/c1-38-26(30(41)36-24-14-22-20(12-28(24)45-2)32(43)39-10-4-6-18(39)16-34-22)8-9-27(38)31(42)37-25-15-23-21(13-29(25)46-3)33(44)40-11-5-7-19(40)17-35-23/h8-9,12-19H,4-7,10-11H2,1-3H3,(H,36,41)(H,37,42)/t18-,19-/m0/s1. The van der Waals surface area contributed by atoms with Gasteiger partial charge >= 0.3 is 0 Å². The number of anilines is 2. The number of fused-ring (bicyclic) bond motifs is 4. The predicted molar refractivity (Wildman–Crippen MR) is 172 cm³/mol. The molecule has 13 heteroatoms. The number of nitrogens with zero attached hydrogens (tertiary/aromatic N) is 5. The summed E-state index contributed by atoms with van der Waals surface area (Å²) in [5, 5.41) is 5.70. The molecule has 0 spiro atoms. The van der Waals surface area contributed by atoms with Crippen LogP contribution in [0.5, 0.6) is 11.5 Å². The molecule has 4 aliphatic heterocycles. The first-order valence-corrected chi connectivity index (χ1v) is 15.2. The van der Waals surface area contributed by atoms with Crippen LogP contribution in [0, 0.1) is 0 Å². The Bertz CT molecular complexity index is 1730. The second-order valence-electron chi connectivity index (χ2n) is 11.7. The van der Waals surface area contributed by atoms with Crippen molar-refractivity contribution < 1.29 is 28.7 Å². The van der Waals surface area contributed by atoms with Gasteiger partial charge in [-0.05, 0) is 62.1 Å². The topological polar surface area (TPSA) is 147 Å². The first-order valence-electron chi connectivity index (χ1n) is 15.2. The Morgan fingerprint density at radius 3 is 1.59 bits per heavy atom. The van der Waals surface area contributed by atoms with Gasteiger partial charge in [0.1, 0.15) is 22.9 Å². The Hall–Kier alpha value is -5.46. The molecule has 7 rings (SSSR count). The van der Waals surface area contributed by atoms with E-state index in [0.29, 0.717) is 58.5 Å². The van der Waals surface area contributed by atoms with E-state index in [1.807, 2.05) is 0 Å². The summed E-state index contributed by atoms with van der Waals surface area (Å²) in [6, 6.07) is 9.45. The lowest BCUT2D eigenvalue weighted by Gasteiger charge is -2.20. The Morgan fingerprint density at radius 2 is 1.17 bits per heavy atom. The van der Waals surface area contributed by atoms with E-state index in [9.17, 15) is 19.2 Å². The summed E-state index contributed by atoms with van der Waals surface area (Å²) in [6.45, 7) is 1.34. The molecule has 1 aromatic heterocycles. The highest BCUT2D eigenvalue weighted by molar-refractivity contribution is 6.10. The maximum absolute atomic E-state index is 13.5. The van der Waals surface area contributed by atoms with Gasteiger partial charge in [0.15, 0.2) is 0 Å². The number of aliphatic imine (C=N–C) groups is 2. The van der Waals surface area contributed by atoms with Crippen molar-refractivity contribution in [3.8, 4) is 11.5 Å². The lowest BCUT2D eigenvalue weighted by atomic mass is 10.1. The average Bonchev–Trinajstić information content (AvgIpc) is 3.79. The quantitative estimate of drug-likeness (QED) is 0.421. The van der Waals surface area contributed by atoms with Crippen molar-refractivity contribution in [3.05, 3.63) is 58.9 Å². The van der Waals surface area contributed by atoms with E-state index in [1.165, 1.54) is 18.8 Å². The van der Waals surface area contributed by atoms with Gasteiger partial charge in [0.05, 0.1) is 60.2 Å². The monoisotopic (exact) mass is 623 g/mol. The lowest BCUT2D eigenvalue weighted by molar-refractivity contribution is 0.0766. The fourth-order valence-electron chi connectivity index (χ4n) is 6.61. The molecular weight excluding hydrogens is 590 g/mol. The van der Waals surface area contributed by atoms with Crippen LogP contribution in [-0.2, 0) is 7.05 Å². The van der Waals surface area contributed by atoms with Crippen LogP contribution in [-0.4, -0.2) is 89.8 Å².